The van der Waals surface area contributed by atoms with E-state index in [0.717, 1.165) is 22.5 Å². The van der Waals surface area contributed by atoms with Crippen LogP contribution in [0, 0.1) is 13.8 Å². The lowest BCUT2D eigenvalue weighted by atomic mass is 10.1. The summed E-state index contributed by atoms with van der Waals surface area (Å²) in [6, 6.07) is 17.5. The van der Waals surface area contributed by atoms with Crippen molar-refractivity contribution in [2.45, 2.75) is 20.4 Å². The molecule has 3 nitrogen and oxygen atoms in total. The maximum absolute atomic E-state index is 12.3. The van der Waals surface area contributed by atoms with E-state index < -0.39 is 0 Å². The third kappa shape index (κ3) is 3.51. The molecule has 0 bridgehead atoms. The molecule has 23 heavy (non-hydrogen) atoms. The van der Waals surface area contributed by atoms with Gasteiger partial charge in [0.05, 0.1) is 6.26 Å². The highest BCUT2D eigenvalue weighted by Gasteiger charge is 2.07. The molecule has 3 aromatic rings. The van der Waals surface area contributed by atoms with Gasteiger partial charge in [-0.3, -0.25) is 4.79 Å². The van der Waals surface area contributed by atoms with Crippen LogP contribution >= 0.6 is 0 Å². The third-order valence-electron chi connectivity index (χ3n) is 3.95. The standard InChI is InChI=1S/C20H19NO2/c1-14-8-9-18(11-15(14)2)20(22)21-13-16-5-3-6-17(12-16)19-7-4-10-23-19/h3-12H,13H2,1-2H3,(H,21,22). The van der Waals surface area contributed by atoms with Crippen molar-refractivity contribution in [1.29, 1.82) is 0 Å². The number of furan rings is 1. The largest absolute Gasteiger partial charge is 0.464 e. The highest BCUT2D eigenvalue weighted by Crippen LogP contribution is 2.20. The van der Waals surface area contributed by atoms with Crippen LogP contribution < -0.4 is 5.32 Å². The predicted molar refractivity (Wildman–Crippen MR) is 91.2 cm³/mol. The number of carbonyl (C=O) groups excluding carboxylic acids is 1. The number of benzene rings is 2. The van der Waals surface area contributed by atoms with Gasteiger partial charge in [0.2, 0.25) is 0 Å². The Morgan fingerprint density at radius 2 is 1.87 bits per heavy atom. The summed E-state index contributed by atoms with van der Waals surface area (Å²) in [5, 5.41) is 2.96. The van der Waals surface area contributed by atoms with Gasteiger partial charge in [0.15, 0.2) is 0 Å². The topological polar surface area (TPSA) is 42.2 Å². The molecule has 116 valence electrons. The zero-order valence-electron chi connectivity index (χ0n) is 13.3. The lowest BCUT2D eigenvalue weighted by Gasteiger charge is -2.08. The van der Waals surface area contributed by atoms with Gasteiger partial charge in [-0.15, -0.1) is 0 Å². The van der Waals surface area contributed by atoms with E-state index in [1.807, 2.05) is 68.4 Å². The van der Waals surface area contributed by atoms with Crippen LogP contribution in [-0.2, 0) is 6.54 Å². The average molecular weight is 305 g/mol. The molecular formula is C20H19NO2. The van der Waals surface area contributed by atoms with Gasteiger partial charge >= 0.3 is 0 Å². The number of aryl methyl sites for hydroxylation is 2. The van der Waals surface area contributed by atoms with E-state index in [1.165, 1.54) is 5.56 Å². The molecule has 0 radical (unpaired) electrons. The van der Waals surface area contributed by atoms with Crippen molar-refractivity contribution >= 4 is 5.91 Å². The van der Waals surface area contributed by atoms with Crippen molar-refractivity contribution in [2.24, 2.45) is 0 Å². The molecule has 3 heteroatoms. The second kappa shape index (κ2) is 6.53. The molecular weight excluding hydrogens is 286 g/mol. The Hall–Kier alpha value is -2.81. The summed E-state index contributed by atoms with van der Waals surface area (Å²) in [5.41, 5.74) is 5.05. The molecule has 0 atom stereocenters. The van der Waals surface area contributed by atoms with Gasteiger partial charge in [-0.1, -0.05) is 24.3 Å². The van der Waals surface area contributed by atoms with Crippen LogP contribution in [0.2, 0.25) is 0 Å². The first-order valence-corrected chi connectivity index (χ1v) is 7.62. The minimum Gasteiger partial charge on any atom is -0.464 e. The van der Waals surface area contributed by atoms with Gasteiger partial charge in [-0.25, -0.2) is 0 Å². The number of amides is 1. The molecule has 0 fully saturated rings. The van der Waals surface area contributed by atoms with Crippen molar-refractivity contribution in [2.75, 3.05) is 0 Å². The van der Waals surface area contributed by atoms with Gasteiger partial charge < -0.3 is 9.73 Å². The normalized spacial score (nSPS) is 10.5. The van der Waals surface area contributed by atoms with Crippen LogP contribution in [0.5, 0.6) is 0 Å². The quantitative estimate of drug-likeness (QED) is 0.771. The summed E-state index contributed by atoms with van der Waals surface area (Å²) in [4.78, 5) is 12.3. The Morgan fingerprint density at radius 1 is 1.00 bits per heavy atom. The summed E-state index contributed by atoms with van der Waals surface area (Å²) in [6.45, 7) is 4.54. The average Bonchev–Trinajstić information content (AvgIpc) is 3.10. The molecule has 0 unspecified atom stereocenters. The van der Waals surface area contributed by atoms with E-state index in [0.29, 0.717) is 12.1 Å². The van der Waals surface area contributed by atoms with E-state index in [2.05, 4.69) is 5.32 Å². The van der Waals surface area contributed by atoms with Crippen molar-refractivity contribution < 1.29 is 9.21 Å². The van der Waals surface area contributed by atoms with Crippen molar-refractivity contribution in [1.82, 2.24) is 5.32 Å². The molecule has 2 aromatic carbocycles. The molecule has 0 aliphatic carbocycles. The number of hydrogen-bond acceptors (Lipinski definition) is 2. The lowest BCUT2D eigenvalue weighted by molar-refractivity contribution is 0.0951. The first kappa shape index (κ1) is 15.1. The van der Waals surface area contributed by atoms with Crippen LogP contribution in [-0.4, -0.2) is 5.91 Å². The van der Waals surface area contributed by atoms with E-state index in [9.17, 15) is 4.79 Å². The lowest BCUT2D eigenvalue weighted by Crippen LogP contribution is -2.22. The molecule has 0 saturated heterocycles. The molecule has 1 heterocycles. The second-order valence-corrected chi connectivity index (χ2v) is 5.66. The Morgan fingerprint density at radius 3 is 2.61 bits per heavy atom. The smallest absolute Gasteiger partial charge is 0.251 e. The van der Waals surface area contributed by atoms with Crippen LogP contribution in [0.15, 0.2) is 65.3 Å². The fourth-order valence-electron chi connectivity index (χ4n) is 2.44. The summed E-state index contributed by atoms with van der Waals surface area (Å²) >= 11 is 0. The summed E-state index contributed by atoms with van der Waals surface area (Å²) in [6.07, 6.45) is 1.66. The van der Waals surface area contributed by atoms with Crippen LogP contribution in [0.25, 0.3) is 11.3 Å². The van der Waals surface area contributed by atoms with Gasteiger partial charge in [0.1, 0.15) is 5.76 Å². The predicted octanol–water partition coefficient (Wildman–Crippen LogP) is 4.49. The van der Waals surface area contributed by atoms with Crippen LogP contribution in [0.1, 0.15) is 27.0 Å². The SMILES string of the molecule is Cc1ccc(C(=O)NCc2cccc(-c3ccco3)c2)cc1C. The van der Waals surface area contributed by atoms with Crippen molar-refractivity contribution in [3.63, 3.8) is 0 Å². The van der Waals surface area contributed by atoms with E-state index >= 15 is 0 Å². The van der Waals surface area contributed by atoms with E-state index in [-0.39, 0.29) is 5.91 Å². The second-order valence-electron chi connectivity index (χ2n) is 5.66. The zero-order valence-corrected chi connectivity index (χ0v) is 13.3. The summed E-state index contributed by atoms with van der Waals surface area (Å²) in [7, 11) is 0. The maximum Gasteiger partial charge on any atom is 0.251 e. The van der Waals surface area contributed by atoms with E-state index in [4.69, 9.17) is 4.42 Å². The van der Waals surface area contributed by atoms with E-state index in [1.54, 1.807) is 6.26 Å². The number of rotatable bonds is 4. The molecule has 0 aliphatic rings. The number of carbonyl (C=O) groups is 1. The van der Waals surface area contributed by atoms with Gasteiger partial charge in [0.25, 0.3) is 5.91 Å². The molecule has 1 amide bonds. The van der Waals surface area contributed by atoms with Gasteiger partial charge in [-0.2, -0.15) is 0 Å². The maximum atomic E-state index is 12.3. The molecule has 1 aromatic heterocycles. The molecule has 0 aliphatic heterocycles. The molecule has 1 N–H and O–H groups in total. The fraction of sp³-hybridized carbons (Fsp3) is 0.150. The summed E-state index contributed by atoms with van der Waals surface area (Å²) < 4.78 is 5.41. The number of nitrogens with one attached hydrogen (secondary N) is 1. The van der Waals surface area contributed by atoms with Gasteiger partial charge in [0, 0.05) is 17.7 Å². The Kier molecular flexibility index (Phi) is 4.29. The van der Waals surface area contributed by atoms with Crippen molar-refractivity contribution in [3.8, 4) is 11.3 Å². The minimum atomic E-state index is -0.0588. The fourth-order valence-corrected chi connectivity index (χ4v) is 2.44. The molecule has 0 spiro atoms. The minimum absolute atomic E-state index is 0.0588. The van der Waals surface area contributed by atoms with Crippen molar-refractivity contribution in [3.05, 3.63) is 83.1 Å². The monoisotopic (exact) mass is 305 g/mol. The Labute approximate surface area is 136 Å². The Bertz CT molecular complexity index is 819. The molecule has 0 saturated carbocycles. The highest BCUT2D eigenvalue weighted by molar-refractivity contribution is 5.94. The molecule has 3 rings (SSSR count). The highest BCUT2D eigenvalue weighted by atomic mass is 16.3. The van der Waals surface area contributed by atoms with Crippen LogP contribution in [0.4, 0.5) is 0 Å². The summed E-state index contributed by atoms with van der Waals surface area (Å²) in [5.74, 6) is 0.767. The zero-order chi connectivity index (χ0) is 16.2. The number of hydrogen-bond donors (Lipinski definition) is 1. The Balaban J connectivity index is 1.69. The first-order valence-electron chi connectivity index (χ1n) is 7.62. The van der Waals surface area contributed by atoms with Crippen LogP contribution in [0.3, 0.4) is 0 Å². The first-order chi connectivity index (χ1) is 11.1. The van der Waals surface area contributed by atoms with Gasteiger partial charge in [-0.05, 0) is 60.9 Å². The third-order valence-corrected chi connectivity index (χ3v) is 3.95.